The Morgan fingerprint density at radius 3 is 2.64 bits per heavy atom. The molecule has 1 aromatic carbocycles. The minimum Gasteiger partial charge on any atom is -0.492 e. The first-order valence-electron chi connectivity index (χ1n) is 7.47. The molecule has 1 atom stereocenters. The van der Waals surface area contributed by atoms with E-state index in [9.17, 15) is 5.11 Å². The van der Waals surface area contributed by atoms with E-state index < -0.39 is 0 Å². The highest BCUT2D eigenvalue weighted by Crippen LogP contribution is 2.38. The van der Waals surface area contributed by atoms with Gasteiger partial charge in [-0.25, -0.2) is 0 Å². The quantitative estimate of drug-likeness (QED) is 0.908. The molecular formula is C16H19Cl2N3O. The highest BCUT2D eigenvalue weighted by molar-refractivity contribution is 6.30. The maximum Gasteiger partial charge on any atom is 0.238 e. The number of hydrogen-bond acceptors (Lipinski definition) is 3. The van der Waals surface area contributed by atoms with Crippen molar-refractivity contribution >= 4 is 24.0 Å². The van der Waals surface area contributed by atoms with Crippen molar-refractivity contribution in [3.63, 3.8) is 0 Å². The number of piperidine rings is 3. The van der Waals surface area contributed by atoms with E-state index in [0.717, 1.165) is 17.7 Å². The number of nitrogens with zero attached hydrogens (tertiary/aromatic N) is 3. The molecule has 0 spiro atoms. The molecule has 2 bridgehead atoms. The SMILES string of the molecule is Cl.Oc1nn(C2CN3CCC2CC3)cc1-c1cccc(Cl)c1. The lowest BCUT2D eigenvalue weighted by atomic mass is 9.84. The van der Waals surface area contributed by atoms with E-state index >= 15 is 0 Å². The van der Waals surface area contributed by atoms with Gasteiger partial charge in [0.25, 0.3) is 0 Å². The van der Waals surface area contributed by atoms with Crippen LogP contribution in [0.3, 0.4) is 0 Å². The van der Waals surface area contributed by atoms with E-state index in [1.807, 2.05) is 35.1 Å². The average molecular weight is 340 g/mol. The van der Waals surface area contributed by atoms with Crippen LogP contribution < -0.4 is 0 Å². The smallest absolute Gasteiger partial charge is 0.238 e. The van der Waals surface area contributed by atoms with Gasteiger partial charge in [0.1, 0.15) is 0 Å². The molecule has 118 valence electrons. The van der Waals surface area contributed by atoms with Gasteiger partial charge in [-0.2, -0.15) is 0 Å². The van der Waals surface area contributed by atoms with Gasteiger partial charge in [-0.3, -0.25) is 4.68 Å². The molecule has 22 heavy (non-hydrogen) atoms. The summed E-state index contributed by atoms with van der Waals surface area (Å²) < 4.78 is 1.96. The van der Waals surface area contributed by atoms with Crippen LogP contribution in [-0.2, 0) is 0 Å². The van der Waals surface area contributed by atoms with E-state index in [0.29, 0.717) is 17.0 Å². The van der Waals surface area contributed by atoms with Crippen LogP contribution in [0, 0.1) is 5.92 Å². The third kappa shape index (κ3) is 2.71. The molecule has 0 aliphatic carbocycles. The average Bonchev–Trinajstić information content (AvgIpc) is 2.90. The number of halogens is 2. The molecule has 6 heteroatoms. The monoisotopic (exact) mass is 339 g/mol. The van der Waals surface area contributed by atoms with Crippen LogP contribution in [0.15, 0.2) is 30.5 Å². The molecule has 3 fully saturated rings. The standard InChI is InChI=1S/C16H18ClN3O.ClH/c17-13-3-1-2-12(8-13)14-9-20(18-16(14)21)15-10-19-6-4-11(15)5-7-19;/h1-3,8-9,11,15H,4-7,10H2,(H,18,21);1H. The zero-order valence-electron chi connectivity index (χ0n) is 12.2. The lowest BCUT2D eigenvalue weighted by Crippen LogP contribution is -2.48. The first-order chi connectivity index (χ1) is 10.2. The van der Waals surface area contributed by atoms with Gasteiger partial charge in [-0.15, -0.1) is 17.5 Å². The summed E-state index contributed by atoms with van der Waals surface area (Å²) in [4.78, 5) is 2.49. The van der Waals surface area contributed by atoms with E-state index in [1.165, 1.54) is 25.9 Å². The highest BCUT2D eigenvalue weighted by Gasteiger charge is 2.36. The zero-order chi connectivity index (χ0) is 14.4. The molecule has 4 heterocycles. The van der Waals surface area contributed by atoms with Crippen molar-refractivity contribution in [3.8, 4) is 17.0 Å². The number of aromatic nitrogens is 2. The summed E-state index contributed by atoms with van der Waals surface area (Å²) in [6, 6.07) is 7.91. The summed E-state index contributed by atoms with van der Waals surface area (Å²) in [6.45, 7) is 3.45. The summed E-state index contributed by atoms with van der Waals surface area (Å²) >= 11 is 6.04. The van der Waals surface area contributed by atoms with Gasteiger partial charge >= 0.3 is 0 Å². The predicted molar refractivity (Wildman–Crippen MR) is 89.8 cm³/mol. The fraction of sp³-hybridized carbons (Fsp3) is 0.438. The Morgan fingerprint density at radius 1 is 1.23 bits per heavy atom. The van der Waals surface area contributed by atoms with Gasteiger partial charge in [-0.1, -0.05) is 23.7 Å². The van der Waals surface area contributed by atoms with Gasteiger partial charge in [0.2, 0.25) is 5.88 Å². The maximum atomic E-state index is 10.2. The van der Waals surface area contributed by atoms with Crippen LogP contribution >= 0.6 is 24.0 Å². The Kier molecular flexibility index (Phi) is 4.35. The Labute approximate surface area is 141 Å². The van der Waals surface area contributed by atoms with Gasteiger partial charge in [0.15, 0.2) is 0 Å². The molecule has 0 amide bonds. The normalized spacial score (nSPS) is 26.7. The molecule has 5 rings (SSSR count). The van der Waals surface area contributed by atoms with Crippen molar-refractivity contribution in [3.05, 3.63) is 35.5 Å². The Balaban J connectivity index is 0.00000144. The van der Waals surface area contributed by atoms with Crippen LogP contribution in [0.1, 0.15) is 18.9 Å². The highest BCUT2D eigenvalue weighted by atomic mass is 35.5. The fourth-order valence-electron chi connectivity index (χ4n) is 3.65. The third-order valence-corrected chi connectivity index (χ3v) is 5.04. The van der Waals surface area contributed by atoms with Crippen molar-refractivity contribution in [2.24, 2.45) is 5.92 Å². The van der Waals surface area contributed by atoms with Gasteiger partial charge in [0.05, 0.1) is 11.6 Å². The first-order valence-corrected chi connectivity index (χ1v) is 7.85. The van der Waals surface area contributed by atoms with Crippen LogP contribution in [0.2, 0.25) is 5.02 Å². The lowest BCUT2D eigenvalue weighted by Gasteiger charge is -2.44. The van der Waals surface area contributed by atoms with Gasteiger partial charge in [-0.05, 0) is 49.5 Å². The van der Waals surface area contributed by atoms with Crippen LogP contribution in [-0.4, -0.2) is 39.4 Å². The lowest BCUT2D eigenvalue weighted by molar-refractivity contribution is 0.0508. The molecule has 1 N–H and O–H groups in total. The largest absolute Gasteiger partial charge is 0.492 e. The minimum absolute atomic E-state index is 0. The Bertz CT molecular complexity index is 665. The van der Waals surface area contributed by atoms with E-state index in [2.05, 4.69) is 10.00 Å². The molecule has 1 aromatic heterocycles. The van der Waals surface area contributed by atoms with E-state index in [4.69, 9.17) is 11.6 Å². The van der Waals surface area contributed by atoms with Gasteiger partial charge < -0.3 is 10.0 Å². The zero-order valence-corrected chi connectivity index (χ0v) is 13.7. The minimum atomic E-state index is 0. The topological polar surface area (TPSA) is 41.3 Å². The number of fused-ring (bicyclic) bond motifs is 3. The summed E-state index contributed by atoms with van der Waals surface area (Å²) in [5.74, 6) is 0.773. The first kappa shape index (κ1) is 15.7. The van der Waals surface area contributed by atoms with Crippen LogP contribution in [0.25, 0.3) is 11.1 Å². The predicted octanol–water partition coefficient (Wildman–Crippen LogP) is 3.60. The summed E-state index contributed by atoms with van der Waals surface area (Å²) in [7, 11) is 0. The fourth-order valence-corrected chi connectivity index (χ4v) is 3.84. The van der Waals surface area contributed by atoms with Gasteiger partial charge in [0, 0.05) is 17.8 Å². The van der Waals surface area contributed by atoms with Crippen molar-refractivity contribution in [2.75, 3.05) is 19.6 Å². The van der Waals surface area contributed by atoms with E-state index in [1.54, 1.807) is 0 Å². The van der Waals surface area contributed by atoms with Crippen molar-refractivity contribution in [1.82, 2.24) is 14.7 Å². The van der Waals surface area contributed by atoms with Crippen molar-refractivity contribution in [2.45, 2.75) is 18.9 Å². The molecular weight excluding hydrogens is 321 g/mol. The molecule has 4 nitrogen and oxygen atoms in total. The molecule has 3 aliphatic heterocycles. The number of benzene rings is 1. The second kappa shape index (κ2) is 6.11. The van der Waals surface area contributed by atoms with Crippen molar-refractivity contribution < 1.29 is 5.11 Å². The second-order valence-electron chi connectivity index (χ2n) is 6.06. The van der Waals surface area contributed by atoms with Crippen molar-refractivity contribution in [1.29, 1.82) is 0 Å². The second-order valence-corrected chi connectivity index (χ2v) is 6.50. The van der Waals surface area contributed by atoms with E-state index in [-0.39, 0.29) is 18.3 Å². The summed E-state index contributed by atoms with van der Waals surface area (Å²) in [6.07, 6.45) is 4.43. The molecule has 0 radical (unpaired) electrons. The number of rotatable bonds is 2. The third-order valence-electron chi connectivity index (χ3n) is 4.81. The van der Waals surface area contributed by atoms with Crippen LogP contribution in [0.4, 0.5) is 0 Å². The maximum absolute atomic E-state index is 10.2. The Hall–Kier alpha value is -1.23. The molecule has 2 aromatic rings. The summed E-state index contributed by atoms with van der Waals surface area (Å²) in [5, 5.41) is 15.2. The van der Waals surface area contributed by atoms with Crippen LogP contribution in [0.5, 0.6) is 5.88 Å². The molecule has 0 saturated carbocycles. The number of aromatic hydroxyl groups is 1. The summed E-state index contributed by atoms with van der Waals surface area (Å²) in [5.41, 5.74) is 1.67. The Morgan fingerprint density at radius 2 is 2.00 bits per heavy atom. The molecule has 1 unspecified atom stereocenters. The number of hydrogen-bond donors (Lipinski definition) is 1. The molecule has 3 saturated heterocycles. The molecule has 3 aliphatic rings.